The van der Waals surface area contributed by atoms with Crippen LogP contribution in [0.5, 0.6) is 0 Å². The first-order valence-electron chi connectivity index (χ1n) is 6.71. The first kappa shape index (κ1) is 19.5. The molecule has 6 nitrogen and oxygen atoms in total. The normalized spacial score (nSPS) is 10.8. The van der Waals surface area contributed by atoms with Gasteiger partial charge in [-0.1, -0.05) is 0 Å². The van der Waals surface area contributed by atoms with E-state index in [1.165, 1.54) is 0 Å². The molecule has 8 heteroatoms. The molecular formula is C12H21ClO6Sn. The standard InChI is InChI=1S/3C4H8O2.ClH.Sn/c3*1-2-3-4(5)6;;/h3*2-3H2,1H3,(H,5,6);1H;/q;;;;+4/p-4. The van der Waals surface area contributed by atoms with Crippen molar-refractivity contribution < 1.29 is 23.6 Å². The first-order valence-corrected chi connectivity index (χ1v) is 13.8. The van der Waals surface area contributed by atoms with E-state index in [9.17, 15) is 14.4 Å². The molecule has 0 bridgehead atoms. The molecule has 0 amide bonds. The molecule has 0 unspecified atom stereocenters. The molecule has 0 aliphatic carbocycles. The van der Waals surface area contributed by atoms with E-state index in [1.54, 1.807) is 20.8 Å². The number of hydrogen-bond donors (Lipinski definition) is 0. The molecule has 0 atom stereocenters. The van der Waals surface area contributed by atoms with Gasteiger partial charge in [0, 0.05) is 0 Å². The molecule has 0 rings (SSSR count). The van der Waals surface area contributed by atoms with Crippen LogP contribution in [0.3, 0.4) is 0 Å². The summed E-state index contributed by atoms with van der Waals surface area (Å²) >= 11 is -4.95. The van der Waals surface area contributed by atoms with Crippen molar-refractivity contribution in [1.82, 2.24) is 0 Å². The number of carbonyl (C=O) groups is 3. The van der Waals surface area contributed by atoms with Crippen LogP contribution >= 0.6 is 8.92 Å². The third kappa shape index (κ3) is 8.63. The zero-order valence-electron chi connectivity index (χ0n) is 12.1. The average Bonchev–Trinajstić information content (AvgIpc) is 2.28. The van der Waals surface area contributed by atoms with Gasteiger partial charge in [-0.25, -0.2) is 0 Å². The van der Waals surface area contributed by atoms with Gasteiger partial charge in [0.2, 0.25) is 0 Å². The van der Waals surface area contributed by atoms with Crippen molar-refractivity contribution in [3.05, 3.63) is 0 Å². The maximum atomic E-state index is 11.5. The van der Waals surface area contributed by atoms with Crippen LogP contribution in [0, 0.1) is 0 Å². The van der Waals surface area contributed by atoms with E-state index < -0.39 is 36.4 Å². The minimum absolute atomic E-state index is 0.127. The van der Waals surface area contributed by atoms with Gasteiger partial charge in [-0.15, -0.1) is 0 Å². The summed E-state index contributed by atoms with van der Waals surface area (Å²) in [7, 11) is 6.01. The molecule has 0 aliphatic heterocycles. The molecule has 0 radical (unpaired) electrons. The summed E-state index contributed by atoms with van der Waals surface area (Å²) in [6, 6.07) is 0. The van der Waals surface area contributed by atoms with Crippen LogP contribution in [0.15, 0.2) is 0 Å². The van der Waals surface area contributed by atoms with Gasteiger partial charge in [0.15, 0.2) is 0 Å². The molecule has 0 aliphatic rings. The molecule has 0 saturated heterocycles. The molecule has 20 heavy (non-hydrogen) atoms. The third-order valence-electron chi connectivity index (χ3n) is 2.07. The quantitative estimate of drug-likeness (QED) is 0.539. The number of hydrogen-bond acceptors (Lipinski definition) is 6. The Bertz CT molecular complexity index is 297. The molecule has 116 valence electrons. The Labute approximate surface area is 128 Å². The Morgan fingerprint density at radius 2 is 1.00 bits per heavy atom. The summed E-state index contributed by atoms with van der Waals surface area (Å²) in [6.45, 7) is 5.37. The van der Waals surface area contributed by atoms with E-state index in [0.29, 0.717) is 19.3 Å². The second-order valence-corrected chi connectivity index (χ2v) is 11.8. The number of rotatable bonds is 9. The van der Waals surface area contributed by atoms with Crippen molar-refractivity contribution in [3.63, 3.8) is 0 Å². The number of carbonyl (C=O) groups excluding carboxylic acids is 3. The summed E-state index contributed by atoms with van der Waals surface area (Å²) in [5.41, 5.74) is 0. The Balaban J connectivity index is 4.77. The third-order valence-corrected chi connectivity index (χ3v) is 7.66. The first-order chi connectivity index (χ1) is 9.36. The molecule has 0 fully saturated rings. The van der Waals surface area contributed by atoms with Crippen LogP contribution in [-0.2, 0) is 23.6 Å². The van der Waals surface area contributed by atoms with Crippen molar-refractivity contribution in [2.24, 2.45) is 0 Å². The maximum absolute atomic E-state index is 11.5. The number of halogens is 1. The van der Waals surface area contributed by atoms with E-state index in [0.717, 1.165) is 0 Å². The molecule has 0 aromatic heterocycles. The minimum atomic E-state index is -4.95. The van der Waals surface area contributed by atoms with Crippen LogP contribution in [-0.4, -0.2) is 36.4 Å². The zero-order chi connectivity index (χ0) is 15.6. The Kier molecular flexibility index (Phi) is 10.0. The SMILES string of the molecule is CCCC(=O)[O][Sn]([Cl])([O]C(=O)CCC)[O]C(=O)CCC. The van der Waals surface area contributed by atoms with Crippen molar-refractivity contribution in [2.45, 2.75) is 59.3 Å². The van der Waals surface area contributed by atoms with Crippen molar-refractivity contribution in [1.29, 1.82) is 0 Å². The predicted molar refractivity (Wildman–Crippen MR) is 74.6 cm³/mol. The van der Waals surface area contributed by atoms with Crippen molar-refractivity contribution in [3.8, 4) is 0 Å². The van der Waals surface area contributed by atoms with Gasteiger partial charge in [-0.05, 0) is 0 Å². The van der Waals surface area contributed by atoms with E-state index in [-0.39, 0.29) is 19.3 Å². The zero-order valence-corrected chi connectivity index (χ0v) is 15.7. The van der Waals surface area contributed by atoms with Crippen LogP contribution in [0.4, 0.5) is 0 Å². The monoisotopic (exact) mass is 416 g/mol. The molecule has 0 spiro atoms. The van der Waals surface area contributed by atoms with E-state index in [2.05, 4.69) is 0 Å². The molecule has 0 heterocycles. The van der Waals surface area contributed by atoms with E-state index in [1.807, 2.05) is 0 Å². The summed E-state index contributed by atoms with van der Waals surface area (Å²) in [6.07, 6.45) is 2.06. The van der Waals surface area contributed by atoms with Crippen LogP contribution in [0.25, 0.3) is 0 Å². The van der Waals surface area contributed by atoms with Gasteiger partial charge in [-0.2, -0.15) is 0 Å². The summed E-state index contributed by atoms with van der Waals surface area (Å²) in [4.78, 5) is 34.5. The van der Waals surface area contributed by atoms with Crippen molar-refractivity contribution >= 4 is 45.3 Å². The average molecular weight is 415 g/mol. The second-order valence-electron chi connectivity index (χ2n) is 4.15. The molecule has 0 aromatic carbocycles. The second kappa shape index (κ2) is 10.3. The molecule has 0 saturated carbocycles. The Morgan fingerprint density at radius 3 is 1.20 bits per heavy atom. The molecule has 0 N–H and O–H groups in total. The van der Waals surface area contributed by atoms with Gasteiger partial charge in [0.1, 0.15) is 0 Å². The van der Waals surface area contributed by atoms with Gasteiger partial charge in [0.25, 0.3) is 0 Å². The fraction of sp³-hybridized carbons (Fsp3) is 0.750. The Hall–Kier alpha value is -0.501. The van der Waals surface area contributed by atoms with Gasteiger partial charge >= 0.3 is 128 Å². The Morgan fingerprint density at radius 1 is 0.750 bits per heavy atom. The van der Waals surface area contributed by atoms with E-state index in [4.69, 9.17) is 18.1 Å². The molecule has 0 aromatic rings. The van der Waals surface area contributed by atoms with Gasteiger partial charge in [-0.3, -0.25) is 0 Å². The van der Waals surface area contributed by atoms with Gasteiger partial charge < -0.3 is 0 Å². The fourth-order valence-corrected chi connectivity index (χ4v) is 6.53. The summed E-state index contributed by atoms with van der Waals surface area (Å²) < 4.78 is 14.9. The molecular weight excluding hydrogens is 394 g/mol. The predicted octanol–water partition coefficient (Wildman–Crippen LogP) is 2.69. The van der Waals surface area contributed by atoms with Crippen LogP contribution in [0.1, 0.15) is 59.3 Å². The summed E-state index contributed by atoms with van der Waals surface area (Å²) in [5.74, 6) is -1.86. The van der Waals surface area contributed by atoms with Crippen LogP contribution in [0.2, 0.25) is 0 Å². The van der Waals surface area contributed by atoms with E-state index >= 15 is 0 Å². The van der Waals surface area contributed by atoms with Crippen LogP contribution < -0.4 is 0 Å². The fourth-order valence-electron chi connectivity index (χ4n) is 1.24. The van der Waals surface area contributed by atoms with Crippen molar-refractivity contribution in [2.75, 3.05) is 0 Å². The topological polar surface area (TPSA) is 78.9 Å². The van der Waals surface area contributed by atoms with Gasteiger partial charge in [0.05, 0.1) is 0 Å². The summed E-state index contributed by atoms with van der Waals surface area (Å²) in [5, 5.41) is 0.